The normalized spacial score (nSPS) is 17.2. The summed E-state index contributed by atoms with van der Waals surface area (Å²) in [6.07, 6.45) is 0.942. The van der Waals surface area contributed by atoms with Gasteiger partial charge in [0.25, 0.3) is 0 Å². The lowest BCUT2D eigenvalue weighted by Crippen LogP contribution is -2.42. The van der Waals surface area contributed by atoms with Crippen LogP contribution in [0.3, 0.4) is 0 Å². The minimum Gasteiger partial charge on any atom is -0.372 e. The van der Waals surface area contributed by atoms with E-state index in [1.54, 1.807) is 0 Å². The molecule has 1 saturated heterocycles. The Morgan fingerprint density at radius 3 is 2.40 bits per heavy atom. The van der Waals surface area contributed by atoms with Gasteiger partial charge in [0.15, 0.2) is 11.9 Å². The van der Waals surface area contributed by atoms with Crippen molar-refractivity contribution in [2.45, 2.75) is 12.5 Å². The zero-order chi connectivity index (χ0) is 15.1. The molecule has 0 radical (unpaired) electrons. The predicted octanol–water partition coefficient (Wildman–Crippen LogP) is -1.74. The Hall–Kier alpha value is -1.96. The van der Waals surface area contributed by atoms with E-state index in [9.17, 15) is 0 Å². The van der Waals surface area contributed by atoms with Crippen molar-refractivity contribution in [3.63, 3.8) is 0 Å². The van der Waals surface area contributed by atoms with E-state index >= 15 is 0 Å². The SMILES string of the molecule is C=C(C(CN=C(N)N)NC)N1CCCN(C(=N)N)CC1. The number of guanidine groups is 2. The second kappa shape index (κ2) is 7.59. The summed E-state index contributed by atoms with van der Waals surface area (Å²) < 4.78 is 0. The van der Waals surface area contributed by atoms with Crippen LogP contribution in [0.15, 0.2) is 17.3 Å². The van der Waals surface area contributed by atoms with E-state index in [1.807, 2.05) is 11.9 Å². The number of nitrogens with zero attached hydrogens (tertiary/aromatic N) is 3. The summed E-state index contributed by atoms with van der Waals surface area (Å²) in [7, 11) is 1.86. The van der Waals surface area contributed by atoms with Crippen LogP contribution < -0.4 is 22.5 Å². The Balaban J connectivity index is 2.61. The van der Waals surface area contributed by atoms with Crippen LogP contribution in [0.1, 0.15) is 6.42 Å². The number of rotatable bonds is 5. The first kappa shape index (κ1) is 16.1. The number of hydrogen-bond donors (Lipinski definition) is 5. The van der Waals surface area contributed by atoms with Gasteiger partial charge in [-0.2, -0.15) is 0 Å². The van der Waals surface area contributed by atoms with Gasteiger partial charge >= 0.3 is 0 Å². The minimum atomic E-state index is 0.000906. The average Bonchev–Trinajstić information content (AvgIpc) is 2.64. The van der Waals surface area contributed by atoms with E-state index in [2.05, 4.69) is 21.8 Å². The first-order chi connectivity index (χ1) is 9.45. The van der Waals surface area contributed by atoms with Crippen LogP contribution in [-0.2, 0) is 0 Å². The summed E-state index contributed by atoms with van der Waals surface area (Å²) in [4.78, 5) is 8.11. The predicted molar refractivity (Wildman–Crippen MR) is 82.3 cm³/mol. The maximum atomic E-state index is 7.50. The number of nitrogens with one attached hydrogen (secondary N) is 2. The fourth-order valence-electron chi connectivity index (χ4n) is 2.23. The molecule has 8 heteroatoms. The van der Waals surface area contributed by atoms with E-state index in [0.717, 1.165) is 38.3 Å². The molecule has 0 amide bonds. The van der Waals surface area contributed by atoms with Crippen molar-refractivity contribution in [1.82, 2.24) is 15.1 Å². The van der Waals surface area contributed by atoms with Gasteiger partial charge in [0.1, 0.15) is 0 Å². The molecule has 1 atom stereocenters. The summed E-state index contributed by atoms with van der Waals surface area (Å²) >= 11 is 0. The molecule has 1 unspecified atom stereocenters. The van der Waals surface area contributed by atoms with Crippen molar-refractivity contribution in [2.24, 2.45) is 22.2 Å². The summed E-state index contributed by atoms with van der Waals surface area (Å²) in [5.41, 5.74) is 17.2. The van der Waals surface area contributed by atoms with E-state index in [4.69, 9.17) is 22.6 Å². The number of hydrogen-bond acceptors (Lipinski definition) is 4. The monoisotopic (exact) mass is 282 g/mol. The van der Waals surface area contributed by atoms with Gasteiger partial charge in [-0.15, -0.1) is 0 Å². The molecule has 0 aliphatic carbocycles. The Kier molecular flexibility index (Phi) is 6.10. The van der Waals surface area contributed by atoms with E-state index < -0.39 is 0 Å². The molecule has 0 aromatic heterocycles. The summed E-state index contributed by atoms with van der Waals surface area (Å²) in [5.74, 6) is 0.208. The van der Waals surface area contributed by atoms with Crippen molar-refractivity contribution in [1.29, 1.82) is 5.41 Å². The van der Waals surface area contributed by atoms with Gasteiger partial charge in [0.05, 0.1) is 12.6 Å². The standard InChI is InChI=1S/C12H26N8/c1-9(10(17-2)8-18-11(13)14)19-4-3-5-20(7-6-19)12(15)16/h10,17H,1,3-8H2,2H3,(H3,15,16)(H4,13,14,18). The maximum absolute atomic E-state index is 7.50. The van der Waals surface area contributed by atoms with Crippen LogP contribution in [0.2, 0.25) is 0 Å². The highest BCUT2D eigenvalue weighted by molar-refractivity contribution is 5.75. The fourth-order valence-corrected chi connectivity index (χ4v) is 2.23. The second-order valence-electron chi connectivity index (χ2n) is 4.81. The minimum absolute atomic E-state index is 0.000906. The van der Waals surface area contributed by atoms with Crippen LogP contribution in [0.4, 0.5) is 0 Å². The third kappa shape index (κ3) is 4.61. The lowest BCUT2D eigenvalue weighted by molar-refractivity contribution is 0.324. The molecule has 114 valence electrons. The molecule has 1 rings (SSSR count). The molecule has 20 heavy (non-hydrogen) atoms. The zero-order valence-electron chi connectivity index (χ0n) is 12.1. The van der Waals surface area contributed by atoms with Gasteiger partial charge in [-0.05, 0) is 13.5 Å². The Bertz CT molecular complexity index is 374. The van der Waals surface area contributed by atoms with Crippen LogP contribution in [0.5, 0.6) is 0 Å². The summed E-state index contributed by atoms with van der Waals surface area (Å²) in [6.45, 7) is 7.82. The van der Waals surface area contributed by atoms with Gasteiger partial charge < -0.3 is 32.3 Å². The Labute approximate surface area is 120 Å². The smallest absolute Gasteiger partial charge is 0.188 e. The van der Waals surface area contributed by atoms with Crippen molar-refractivity contribution >= 4 is 11.9 Å². The van der Waals surface area contributed by atoms with Crippen LogP contribution in [0.25, 0.3) is 0 Å². The molecular formula is C12H26N8. The van der Waals surface area contributed by atoms with Crippen LogP contribution in [0, 0.1) is 5.41 Å². The highest BCUT2D eigenvalue weighted by atomic mass is 15.3. The van der Waals surface area contributed by atoms with Crippen LogP contribution in [-0.4, -0.2) is 67.5 Å². The maximum Gasteiger partial charge on any atom is 0.188 e. The van der Waals surface area contributed by atoms with Gasteiger partial charge in [0.2, 0.25) is 0 Å². The third-order valence-corrected chi connectivity index (χ3v) is 3.45. The largest absolute Gasteiger partial charge is 0.372 e. The lowest BCUT2D eigenvalue weighted by Gasteiger charge is -2.30. The summed E-state index contributed by atoms with van der Waals surface area (Å²) in [6, 6.07) is 0.000906. The molecule has 8 N–H and O–H groups in total. The van der Waals surface area contributed by atoms with Crippen molar-refractivity contribution < 1.29 is 0 Å². The Morgan fingerprint density at radius 1 is 1.25 bits per heavy atom. The Morgan fingerprint density at radius 2 is 1.85 bits per heavy atom. The number of aliphatic imine (C=N–C) groups is 1. The molecule has 0 aromatic rings. The molecule has 1 fully saturated rings. The molecule has 1 heterocycles. The highest BCUT2D eigenvalue weighted by Crippen LogP contribution is 2.12. The van der Waals surface area contributed by atoms with Crippen LogP contribution >= 0.6 is 0 Å². The molecule has 0 saturated carbocycles. The molecule has 0 bridgehead atoms. The van der Waals surface area contributed by atoms with Gasteiger partial charge in [-0.3, -0.25) is 10.4 Å². The average molecular weight is 282 g/mol. The molecule has 0 spiro atoms. The fraction of sp³-hybridized carbons (Fsp3) is 0.667. The lowest BCUT2D eigenvalue weighted by atomic mass is 10.2. The van der Waals surface area contributed by atoms with Crippen molar-refractivity contribution in [2.75, 3.05) is 39.8 Å². The summed E-state index contributed by atoms with van der Waals surface area (Å²) in [5, 5.41) is 10.7. The first-order valence-corrected chi connectivity index (χ1v) is 6.71. The van der Waals surface area contributed by atoms with Crippen molar-refractivity contribution in [3.8, 4) is 0 Å². The highest BCUT2D eigenvalue weighted by Gasteiger charge is 2.20. The number of nitrogens with two attached hydrogens (primary N) is 3. The van der Waals surface area contributed by atoms with E-state index in [-0.39, 0.29) is 18.0 Å². The van der Waals surface area contributed by atoms with E-state index in [0.29, 0.717) is 6.54 Å². The third-order valence-electron chi connectivity index (χ3n) is 3.45. The molecular weight excluding hydrogens is 256 g/mol. The first-order valence-electron chi connectivity index (χ1n) is 6.71. The second-order valence-corrected chi connectivity index (χ2v) is 4.81. The van der Waals surface area contributed by atoms with Gasteiger partial charge in [-0.1, -0.05) is 6.58 Å². The molecule has 1 aliphatic heterocycles. The quantitative estimate of drug-likeness (QED) is 0.300. The van der Waals surface area contributed by atoms with E-state index in [1.165, 1.54) is 0 Å². The van der Waals surface area contributed by atoms with Gasteiger partial charge in [0, 0.05) is 31.9 Å². The molecule has 1 aliphatic rings. The van der Waals surface area contributed by atoms with Crippen molar-refractivity contribution in [3.05, 3.63) is 12.3 Å². The zero-order valence-corrected chi connectivity index (χ0v) is 12.1. The molecule has 8 nitrogen and oxygen atoms in total. The topological polar surface area (TPSA) is 133 Å². The molecule has 0 aromatic carbocycles. The number of likely N-dealkylation sites (N-methyl/N-ethyl adjacent to an activating group) is 1. The van der Waals surface area contributed by atoms with Gasteiger partial charge in [-0.25, -0.2) is 0 Å².